The summed E-state index contributed by atoms with van der Waals surface area (Å²) < 4.78 is 5.14. The van der Waals surface area contributed by atoms with E-state index in [0.717, 1.165) is 6.42 Å². The lowest BCUT2D eigenvalue weighted by atomic mass is 10.0. The maximum Gasteiger partial charge on any atom is 0.333 e. The first kappa shape index (κ1) is 7.54. The largest absolute Gasteiger partial charge is 0.479 e. The molecule has 1 N–H and O–H groups in total. The van der Waals surface area contributed by atoms with Crippen LogP contribution in [0.4, 0.5) is 0 Å². The van der Waals surface area contributed by atoms with Crippen LogP contribution in [-0.4, -0.2) is 23.3 Å². The Morgan fingerprint density at radius 2 is 2.20 bits per heavy atom. The van der Waals surface area contributed by atoms with Crippen LogP contribution in [0.1, 0.15) is 20.3 Å². The SMILES string of the molecule is C[C@@H]1C[C@H](C)O[C@H]1C(=O)O. The molecule has 0 aromatic rings. The van der Waals surface area contributed by atoms with Crippen molar-refractivity contribution < 1.29 is 14.6 Å². The van der Waals surface area contributed by atoms with Crippen LogP contribution in [0, 0.1) is 5.92 Å². The number of aliphatic carboxylic acids is 1. The van der Waals surface area contributed by atoms with Gasteiger partial charge in [0, 0.05) is 0 Å². The van der Waals surface area contributed by atoms with E-state index >= 15 is 0 Å². The van der Waals surface area contributed by atoms with E-state index in [2.05, 4.69) is 0 Å². The number of carbonyl (C=O) groups is 1. The Kier molecular flexibility index (Phi) is 1.94. The van der Waals surface area contributed by atoms with Crippen molar-refractivity contribution in [3.05, 3.63) is 0 Å². The van der Waals surface area contributed by atoms with Gasteiger partial charge in [-0.2, -0.15) is 0 Å². The van der Waals surface area contributed by atoms with Gasteiger partial charge in [0.25, 0.3) is 0 Å². The van der Waals surface area contributed by atoms with Gasteiger partial charge in [-0.15, -0.1) is 0 Å². The van der Waals surface area contributed by atoms with Crippen LogP contribution in [0.3, 0.4) is 0 Å². The Bertz CT molecular complexity index is 144. The molecule has 0 aliphatic carbocycles. The van der Waals surface area contributed by atoms with Gasteiger partial charge >= 0.3 is 5.97 Å². The summed E-state index contributed by atoms with van der Waals surface area (Å²) in [5, 5.41) is 8.58. The van der Waals surface area contributed by atoms with Gasteiger partial charge in [0.1, 0.15) is 0 Å². The average molecular weight is 144 g/mol. The molecule has 0 aromatic heterocycles. The third kappa shape index (κ3) is 1.29. The van der Waals surface area contributed by atoms with Gasteiger partial charge in [0.2, 0.25) is 0 Å². The molecule has 0 unspecified atom stereocenters. The lowest BCUT2D eigenvalue weighted by Crippen LogP contribution is -2.24. The Morgan fingerprint density at radius 1 is 1.60 bits per heavy atom. The Hall–Kier alpha value is -0.570. The summed E-state index contributed by atoms with van der Waals surface area (Å²) in [5.74, 6) is -0.677. The maximum absolute atomic E-state index is 10.4. The molecule has 0 spiro atoms. The van der Waals surface area contributed by atoms with Crippen LogP contribution in [0.15, 0.2) is 0 Å². The first-order valence-corrected chi connectivity index (χ1v) is 3.49. The van der Waals surface area contributed by atoms with E-state index in [1.54, 1.807) is 0 Å². The predicted molar refractivity (Wildman–Crippen MR) is 35.8 cm³/mol. The topological polar surface area (TPSA) is 46.5 Å². The molecule has 1 saturated heterocycles. The van der Waals surface area contributed by atoms with Crippen LogP contribution in [0.2, 0.25) is 0 Å². The number of carboxylic acids is 1. The average Bonchev–Trinajstić information content (AvgIpc) is 2.10. The zero-order valence-corrected chi connectivity index (χ0v) is 6.20. The van der Waals surface area contributed by atoms with Crippen molar-refractivity contribution in [2.24, 2.45) is 5.92 Å². The van der Waals surface area contributed by atoms with E-state index in [-0.39, 0.29) is 12.0 Å². The molecule has 10 heavy (non-hydrogen) atoms. The molecule has 3 atom stereocenters. The molecule has 0 aromatic carbocycles. The molecule has 1 fully saturated rings. The highest BCUT2D eigenvalue weighted by Crippen LogP contribution is 2.25. The molecule has 1 rings (SSSR count). The Morgan fingerprint density at radius 3 is 2.40 bits per heavy atom. The molecule has 3 heteroatoms. The zero-order valence-electron chi connectivity index (χ0n) is 6.20. The highest BCUT2D eigenvalue weighted by Gasteiger charge is 2.34. The van der Waals surface area contributed by atoms with Crippen molar-refractivity contribution in [1.29, 1.82) is 0 Å². The quantitative estimate of drug-likeness (QED) is 0.594. The molecule has 0 saturated carbocycles. The van der Waals surface area contributed by atoms with E-state index in [0.29, 0.717) is 0 Å². The van der Waals surface area contributed by atoms with Crippen molar-refractivity contribution in [2.45, 2.75) is 32.5 Å². The standard InChI is InChI=1S/C7H12O3/c1-4-3-5(2)10-6(4)7(8)9/h4-6H,3H2,1-2H3,(H,8,9)/t4-,5+,6-/m1/s1. The van der Waals surface area contributed by atoms with Gasteiger partial charge in [-0.25, -0.2) is 4.79 Å². The summed E-state index contributed by atoms with van der Waals surface area (Å²) in [6, 6.07) is 0. The zero-order chi connectivity index (χ0) is 7.72. The van der Waals surface area contributed by atoms with Crippen LogP contribution >= 0.6 is 0 Å². The summed E-state index contributed by atoms with van der Waals surface area (Å²) in [6.07, 6.45) is 0.392. The molecule has 0 amide bonds. The van der Waals surface area contributed by atoms with Crippen molar-refractivity contribution in [1.82, 2.24) is 0 Å². The van der Waals surface area contributed by atoms with E-state index in [9.17, 15) is 4.79 Å². The van der Waals surface area contributed by atoms with Gasteiger partial charge in [0.05, 0.1) is 6.10 Å². The van der Waals surface area contributed by atoms with E-state index < -0.39 is 12.1 Å². The number of hydrogen-bond acceptors (Lipinski definition) is 2. The monoisotopic (exact) mass is 144 g/mol. The minimum absolute atomic E-state index is 0.107. The van der Waals surface area contributed by atoms with Gasteiger partial charge < -0.3 is 9.84 Å². The highest BCUT2D eigenvalue weighted by molar-refractivity contribution is 5.73. The Balaban J connectivity index is 2.54. The molecule has 1 aliphatic heterocycles. The van der Waals surface area contributed by atoms with Crippen molar-refractivity contribution >= 4 is 5.97 Å². The maximum atomic E-state index is 10.4. The summed E-state index contributed by atoms with van der Waals surface area (Å²) in [6.45, 7) is 3.81. The molecule has 1 heterocycles. The number of rotatable bonds is 1. The van der Waals surface area contributed by atoms with E-state index in [1.807, 2.05) is 13.8 Å². The van der Waals surface area contributed by atoms with E-state index in [1.165, 1.54) is 0 Å². The second-order valence-corrected chi connectivity index (χ2v) is 2.92. The summed E-state index contributed by atoms with van der Waals surface area (Å²) >= 11 is 0. The third-order valence-electron chi connectivity index (χ3n) is 1.84. The number of carboxylic acid groups (broad SMARTS) is 1. The number of ether oxygens (including phenoxy) is 1. The van der Waals surface area contributed by atoms with E-state index in [4.69, 9.17) is 9.84 Å². The van der Waals surface area contributed by atoms with Crippen molar-refractivity contribution in [3.63, 3.8) is 0 Å². The molecule has 1 aliphatic rings. The van der Waals surface area contributed by atoms with Gasteiger partial charge in [-0.1, -0.05) is 6.92 Å². The lowest BCUT2D eigenvalue weighted by Gasteiger charge is -2.07. The summed E-state index contributed by atoms with van der Waals surface area (Å²) in [4.78, 5) is 10.4. The minimum Gasteiger partial charge on any atom is -0.479 e. The molecular weight excluding hydrogens is 132 g/mol. The molecule has 58 valence electrons. The lowest BCUT2D eigenvalue weighted by molar-refractivity contribution is -0.150. The first-order chi connectivity index (χ1) is 4.61. The van der Waals surface area contributed by atoms with Crippen LogP contribution in [0.5, 0.6) is 0 Å². The van der Waals surface area contributed by atoms with Crippen LogP contribution < -0.4 is 0 Å². The number of hydrogen-bond donors (Lipinski definition) is 1. The van der Waals surface area contributed by atoms with Crippen LogP contribution in [-0.2, 0) is 9.53 Å². The Labute approximate surface area is 60.0 Å². The molecule has 0 bridgehead atoms. The smallest absolute Gasteiger partial charge is 0.333 e. The van der Waals surface area contributed by atoms with Gasteiger partial charge in [-0.3, -0.25) is 0 Å². The molecule has 0 radical (unpaired) electrons. The summed E-state index contributed by atoms with van der Waals surface area (Å²) in [7, 11) is 0. The third-order valence-corrected chi connectivity index (χ3v) is 1.84. The fraction of sp³-hybridized carbons (Fsp3) is 0.857. The normalized spacial score (nSPS) is 40.0. The predicted octanol–water partition coefficient (Wildman–Crippen LogP) is 0.885. The molecular formula is C7H12O3. The van der Waals surface area contributed by atoms with Crippen LogP contribution in [0.25, 0.3) is 0 Å². The highest BCUT2D eigenvalue weighted by atomic mass is 16.5. The van der Waals surface area contributed by atoms with Gasteiger partial charge in [-0.05, 0) is 19.3 Å². The summed E-state index contributed by atoms with van der Waals surface area (Å²) in [5.41, 5.74) is 0. The fourth-order valence-electron chi connectivity index (χ4n) is 1.39. The van der Waals surface area contributed by atoms with Gasteiger partial charge in [0.15, 0.2) is 6.10 Å². The molecule has 3 nitrogen and oxygen atoms in total. The minimum atomic E-state index is -0.836. The first-order valence-electron chi connectivity index (χ1n) is 3.49. The second kappa shape index (κ2) is 2.58. The van der Waals surface area contributed by atoms with Crippen molar-refractivity contribution in [3.8, 4) is 0 Å². The fourth-order valence-corrected chi connectivity index (χ4v) is 1.39. The second-order valence-electron chi connectivity index (χ2n) is 2.92. The van der Waals surface area contributed by atoms with Crippen molar-refractivity contribution in [2.75, 3.05) is 0 Å².